The van der Waals surface area contributed by atoms with Crippen LogP contribution in [0, 0.1) is 12.7 Å². The van der Waals surface area contributed by atoms with Crippen LogP contribution in [0.15, 0.2) is 60.8 Å². The Labute approximate surface area is 168 Å². The van der Waals surface area contributed by atoms with Gasteiger partial charge >= 0.3 is 6.18 Å². The molecule has 0 aliphatic heterocycles. The summed E-state index contributed by atoms with van der Waals surface area (Å²) in [6.45, 7) is 1.60. The zero-order chi connectivity index (χ0) is 21.5. The van der Waals surface area contributed by atoms with E-state index in [0.29, 0.717) is 21.3 Å². The van der Waals surface area contributed by atoms with E-state index in [0.717, 1.165) is 12.3 Å². The average molecular weight is 414 g/mol. The number of anilines is 1. The Morgan fingerprint density at radius 1 is 1.07 bits per heavy atom. The zero-order valence-corrected chi connectivity index (χ0v) is 15.5. The molecule has 2 aromatic heterocycles. The van der Waals surface area contributed by atoms with E-state index in [2.05, 4.69) is 15.4 Å². The highest BCUT2D eigenvalue weighted by molar-refractivity contribution is 6.08. The smallest absolute Gasteiger partial charge is 0.322 e. The molecule has 0 atom stereocenters. The molecule has 4 aromatic rings. The SMILES string of the molecule is Cc1cc(F)ccc1NC(=O)c1cnn2c(C(F)(F)F)cc(-c3ccccc3)nc12. The van der Waals surface area contributed by atoms with Crippen molar-refractivity contribution in [3.8, 4) is 11.3 Å². The maximum Gasteiger partial charge on any atom is 0.433 e. The van der Waals surface area contributed by atoms with Gasteiger partial charge in [-0.05, 0) is 36.8 Å². The zero-order valence-electron chi connectivity index (χ0n) is 15.5. The van der Waals surface area contributed by atoms with Gasteiger partial charge in [0.15, 0.2) is 11.3 Å². The molecule has 1 N–H and O–H groups in total. The summed E-state index contributed by atoms with van der Waals surface area (Å²) in [6.07, 6.45) is -3.68. The normalized spacial score (nSPS) is 11.6. The van der Waals surface area contributed by atoms with Crippen LogP contribution in [0.5, 0.6) is 0 Å². The van der Waals surface area contributed by atoms with Gasteiger partial charge in [0.1, 0.15) is 11.4 Å². The Kier molecular flexibility index (Phi) is 4.73. The van der Waals surface area contributed by atoms with Crippen LogP contribution in [0.4, 0.5) is 23.2 Å². The number of aryl methyl sites for hydroxylation is 1. The second-order valence-electron chi connectivity index (χ2n) is 6.60. The number of carbonyl (C=O) groups excluding carboxylic acids is 1. The number of amides is 1. The molecule has 0 unspecified atom stereocenters. The number of aromatic nitrogens is 3. The summed E-state index contributed by atoms with van der Waals surface area (Å²) in [5.74, 6) is -1.17. The standard InChI is InChI=1S/C21H14F4N4O/c1-12-9-14(22)7-8-16(12)28-20(30)15-11-26-29-18(21(23,24)25)10-17(27-19(15)29)13-5-3-2-4-6-13/h2-11H,1H3,(H,28,30). The lowest BCUT2D eigenvalue weighted by Gasteiger charge is -2.12. The number of fused-ring (bicyclic) bond motifs is 1. The van der Waals surface area contributed by atoms with Crippen molar-refractivity contribution in [1.29, 1.82) is 0 Å². The van der Waals surface area contributed by atoms with Crippen molar-refractivity contribution in [3.05, 3.63) is 83.4 Å². The van der Waals surface area contributed by atoms with Gasteiger partial charge in [-0.25, -0.2) is 13.9 Å². The van der Waals surface area contributed by atoms with E-state index in [4.69, 9.17) is 0 Å². The number of rotatable bonds is 3. The second-order valence-corrected chi connectivity index (χ2v) is 6.60. The third-order valence-corrected chi connectivity index (χ3v) is 4.51. The van der Waals surface area contributed by atoms with Gasteiger partial charge in [-0.2, -0.15) is 18.3 Å². The van der Waals surface area contributed by atoms with E-state index < -0.39 is 23.6 Å². The number of hydrogen-bond donors (Lipinski definition) is 1. The number of hydrogen-bond acceptors (Lipinski definition) is 3. The van der Waals surface area contributed by atoms with Crippen LogP contribution in [-0.2, 0) is 6.18 Å². The number of alkyl halides is 3. The van der Waals surface area contributed by atoms with Crippen LogP contribution < -0.4 is 5.32 Å². The third kappa shape index (κ3) is 3.61. The maximum absolute atomic E-state index is 13.6. The first kappa shape index (κ1) is 19.6. The fourth-order valence-electron chi connectivity index (χ4n) is 3.04. The Balaban J connectivity index is 1.84. The Bertz CT molecular complexity index is 1250. The molecule has 0 saturated carbocycles. The lowest BCUT2D eigenvalue weighted by molar-refractivity contribution is -0.142. The van der Waals surface area contributed by atoms with Crippen molar-refractivity contribution in [2.75, 3.05) is 5.32 Å². The molecule has 30 heavy (non-hydrogen) atoms. The summed E-state index contributed by atoms with van der Waals surface area (Å²) in [5.41, 5.74) is -0.105. The van der Waals surface area contributed by atoms with Crippen LogP contribution in [0.3, 0.4) is 0 Å². The average Bonchev–Trinajstić information content (AvgIpc) is 3.13. The third-order valence-electron chi connectivity index (χ3n) is 4.51. The quantitative estimate of drug-likeness (QED) is 0.474. The molecule has 1 amide bonds. The maximum atomic E-state index is 13.6. The highest BCUT2D eigenvalue weighted by atomic mass is 19.4. The molecular formula is C21H14F4N4O. The summed E-state index contributed by atoms with van der Waals surface area (Å²) in [4.78, 5) is 17.0. The van der Waals surface area contributed by atoms with Gasteiger partial charge in [-0.1, -0.05) is 30.3 Å². The molecule has 0 saturated heterocycles. The van der Waals surface area contributed by atoms with Crippen LogP contribution in [0.1, 0.15) is 21.6 Å². The van der Waals surface area contributed by atoms with Crippen LogP contribution in [0.2, 0.25) is 0 Å². The summed E-state index contributed by atoms with van der Waals surface area (Å²) >= 11 is 0. The summed E-state index contributed by atoms with van der Waals surface area (Å²) in [5, 5.41) is 6.30. The highest BCUT2D eigenvalue weighted by Gasteiger charge is 2.36. The van der Waals surface area contributed by atoms with Gasteiger partial charge in [0.05, 0.1) is 11.9 Å². The molecular weight excluding hydrogens is 400 g/mol. The molecule has 5 nitrogen and oxygen atoms in total. The first-order valence-corrected chi connectivity index (χ1v) is 8.83. The minimum atomic E-state index is -4.71. The van der Waals surface area contributed by atoms with Gasteiger partial charge in [-0.15, -0.1) is 0 Å². The minimum absolute atomic E-state index is 0.0583. The predicted octanol–water partition coefficient (Wildman–Crippen LogP) is 5.11. The largest absolute Gasteiger partial charge is 0.433 e. The lowest BCUT2D eigenvalue weighted by atomic mass is 10.1. The summed E-state index contributed by atoms with van der Waals surface area (Å²) < 4.78 is 54.8. The van der Waals surface area contributed by atoms with Crippen LogP contribution in [-0.4, -0.2) is 20.5 Å². The van der Waals surface area contributed by atoms with Crippen molar-refractivity contribution in [2.45, 2.75) is 13.1 Å². The molecule has 2 heterocycles. The van der Waals surface area contributed by atoms with Crippen LogP contribution >= 0.6 is 0 Å². The monoisotopic (exact) mass is 414 g/mol. The Morgan fingerprint density at radius 2 is 1.80 bits per heavy atom. The molecule has 0 radical (unpaired) electrons. The topological polar surface area (TPSA) is 59.3 Å². The first-order chi connectivity index (χ1) is 14.2. The Morgan fingerprint density at radius 3 is 2.47 bits per heavy atom. The fourth-order valence-corrected chi connectivity index (χ4v) is 3.04. The molecule has 0 bridgehead atoms. The number of carbonyl (C=O) groups is 1. The van der Waals surface area contributed by atoms with E-state index in [1.165, 1.54) is 18.2 Å². The second kappa shape index (κ2) is 7.25. The van der Waals surface area contributed by atoms with Crippen molar-refractivity contribution in [3.63, 3.8) is 0 Å². The minimum Gasteiger partial charge on any atom is -0.322 e. The molecule has 152 valence electrons. The molecule has 2 aromatic carbocycles. The molecule has 9 heteroatoms. The van der Waals surface area contributed by atoms with Gasteiger partial charge in [-0.3, -0.25) is 4.79 Å². The van der Waals surface area contributed by atoms with Crippen molar-refractivity contribution < 1.29 is 22.4 Å². The summed E-state index contributed by atoms with van der Waals surface area (Å²) in [7, 11) is 0. The highest BCUT2D eigenvalue weighted by Crippen LogP contribution is 2.33. The van der Waals surface area contributed by atoms with Crippen LogP contribution in [0.25, 0.3) is 16.9 Å². The van der Waals surface area contributed by atoms with E-state index in [-0.39, 0.29) is 16.9 Å². The number of halogens is 4. The number of nitrogens with zero attached hydrogens (tertiary/aromatic N) is 3. The van der Waals surface area contributed by atoms with Crippen molar-refractivity contribution in [1.82, 2.24) is 14.6 Å². The van der Waals surface area contributed by atoms with Gasteiger partial charge < -0.3 is 5.32 Å². The van der Waals surface area contributed by atoms with Crippen molar-refractivity contribution in [2.24, 2.45) is 0 Å². The predicted molar refractivity (Wildman–Crippen MR) is 103 cm³/mol. The van der Waals surface area contributed by atoms with Gasteiger partial charge in [0, 0.05) is 11.3 Å². The van der Waals surface area contributed by atoms with E-state index in [9.17, 15) is 22.4 Å². The van der Waals surface area contributed by atoms with Crippen molar-refractivity contribution >= 4 is 17.2 Å². The molecule has 0 aliphatic rings. The lowest BCUT2D eigenvalue weighted by Crippen LogP contribution is -2.16. The van der Waals surface area contributed by atoms with Gasteiger partial charge in [0.2, 0.25) is 0 Å². The number of nitrogens with one attached hydrogen (secondary N) is 1. The molecule has 4 rings (SSSR count). The number of benzene rings is 2. The van der Waals surface area contributed by atoms with E-state index in [1.807, 2.05) is 0 Å². The molecule has 0 aliphatic carbocycles. The first-order valence-electron chi connectivity index (χ1n) is 8.83. The van der Waals surface area contributed by atoms with E-state index >= 15 is 0 Å². The molecule has 0 fully saturated rings. The Hall–Kier alpha value is -3.75. The fraction of sp³-hybridized carbons (Fsp3) is 0.0952. The van der Waals surface area contributed by atoms with Gasteiger partial charge in [0.25, 0.3) is 5.91 Å². The molecule has 0 spiro atoms. The summed E-state index contributed by atoms with van der Waals surface area (Å²) in [6, 6.07) is 13.0. The van der Waals surface area contributed by atoms with E-state index in [1.54, 1.807) is 37.3 Å².